The van der Waals surface area contributed by atoms with Crippen molar-refractivity contribution >= 4 is 17.9 Å². The van der Waals surface area contributed by atoms with E-state index < -0.39 is 11.0 Å². The fourth-order valence-corrected chi connectivity index (χ4v) is 7.08. The summed E-state index contributed by atoms with van der Waals surface area (Å²) in [6.07, 6.45) is 5.73. The zero-order chi connectivity index (χ0) is 22.4. The Morgan fingerprint density at radius 2 is 1.94 bits per heavy atom. The van der Waals surface area contributed by atoms with Crippen LogP contribution >= 0.6 is 0 Å². The first kappa shape index (κ1) is 22.6. The summed E-state index contributed by atoms with van der Waals surface area (Å²) in [5.74, 6) is -0.295. The summed E-state index contributed by atoms with van der Waals surface area (Å²) < 4.78 is 22.9. The molecule has 2 aliphatic carbocycles. The van der Waals surface area contributed by atoms with Crippen molar-refractivity contribution in [1.29, 1.82) is 0 Å². The van der Waals surface area contributed by atoms with Gasteiger partial charge in [0.15, 0.2) is 0 Å². The molecule has 4 aliphatic rings. The van der Waals surface area contributed by atoms with Gasteiger partial charge in [-0.15, -0.1) is 0 Å². The lowest BCUT2D eigenvalue weighted by molar-refractivity contribution is -0.229. The maximum atomic E-state index is 12.1. The first-order valence-corrected chi connectivity index (χ1v) is 11.8. The van der Waals surface area contributed by atoms with Gasteiger partial charge >= 0.3 is 17.9 Å². The minimum Gasteiger partial charge on any atom is -0.465 e. The molecule has 7 atom stereocenters. The summed E-state index contributed by atoms with van der Waals surface area (Å²) in [4.78, 5) is 36.0. The molecule has 2 heterocycles. The molecular weight excluding hydrogens is 400 g/mol. The molecule has 2 saturated heterocycles. The Morgan fingerprint density at radius 1 is 1.19 bits per heavy atom. The molecule has 0 aromatic rings. The number of carbonyl (C=O) groups excluding carboxylic acids is 3. The Labute approximate surface area is 184 Å². The second-order valence-corrected chi connectivity index (χ2v) is 10.5. The minimum atomic E-state index is -0.556. The Kier molecular flexibility index (Phi) is 5.86. The Bertz CT molecular complexity index is 744. The zero-order valence-corrected chi connectivity index (χ0v) is 19.2. The Balaban J connectivity index is 1.70. The fraction of sp³-hybridized carbons (Fsp3) is 0.875. The standard InChI is InChI=1S/C24H36O7/c1-15-12-20(31-17(3)26)24(14-29-16(2)25)19(6-5-9-23(24)13-30-23)22(15,4)10-7-18-8-11-28-21(18)27/h15,18-20H,5-14H2,1-4H3/t15-,18?,19-,20+,22+,23-,24+/m1/s1. The fourth-order valence-electron chi connectivity index (χ4n) is 7.08. The van der Waals surface area contributed by atoms with Gasteiger partial charge in [-0.05, 0) is 55.8 Å². The monoisotopic (exact) mass is 436 g/mol. The summed E-state index contributed by atoms with van der Waals surface area (Å²) in [5.41, 5.74) is -1.04. The van der Waals surface area contributed by atoms with Crippen LogP contribution in [0.2, 0.25) is 0 Å². The van der Waals surface area contributed by atoms with Crippen molar-refractivity contribution in [2.24, 2.45) is 28.6 Å². The highest BCUT2D eigenvalue weighted by atomic mass is 16.6. The van der Waals surface area contributed by atoms with Crippen LogP contribution < -0.4 is 0 Å². The third-order valence-corrected chi connectivity index (χ3v) is 9.00. The van der Waals surface area contributed by atoms with Crippen molar-refractivity contribution in [3.05, 3.63) is 0 Å². The minimum absolute atomic E-state index is 0.0344. The number of ether oxygens (including phenoxy) is 4. The van der Waals surface area contributed by atoms with Crippen LogP contribution in [0.4, 0.5) is 0 Å². The molecule has 2 aliphatic heterocycles. The quantitative estimate of drug-likeness (QED) is 0.358. The molecule has 1 unspecified atom stereocenters. The van der Waals surface area contributed by atoms with E-state index in [2.05, 4.69) is 13.8 Å². The number of hydrogen-bond acceptors (Lipinski definition) is 7. The van der Waals surface area contributed by atoms with Crippen molar-refractivity contribution in [2.75, 3.05) is 19.8 Å². The van der Waals surface area contributed by atoms with Crippen LogP contribution in [0.1, 0.15) is 72.6 Å². The lowest BCUT2D eigenvalue weighted by Crippen LogP contribution is -2.67. The molecule has 174 valence electrons. The second-order valence-electron chi connectivity index (χ2n) is 10.5. The highest BCUT2D eigenvalue weighted by Gasteiger charge is 2.74. The molecule has 31 heavy (non-hydrogen) atoms. The van der Waals surface area contributed by atoms with Crippen LogP contribution in [0.5, 0.6) is 0 Å². The summed E-state index contributed by atoms with van der Waals surface area (Å²) in [7, 11) is 0. The lowest BCUT2D eigenvalue weighted by Gasteiger charge is -2.63. The lowest BCUT2D eigenvalue weighted by atomic mass is 9.43. The average molecular weight is 437 g/mol. The van der Waals surface area contributed by atoms with Gasteiger partial charge in [0, 0.05) is 13.8 Å². The highest BCUT2D eigenvalue weighted by Crippen LogP contribution is 2.69. The van der Waals surface area contributed by atoms with E-state index in [9.17, 15) is 14.4 Å². The first-order chi connectivity index (χ1) is 14.6. The number of carbonyl (C=O) groups is 3. The molecule has 7 nitrogen and oxygen atoms in total. The molecular formula is C24H36O7. The van der Waals surface area contributed by atoms with Crippen LogP contribution in [0.15, 0.2) is 0 Å². The van der Waals surface area contributed by atoms with E-state index in [-0.39, 0.29) is 47.9 Å². The van der Waals surface area contributed by atoms with Gasteiger partial charge in [-0.25, -0.2) is 0 Å². The number of hydrogen-bond donors (Lipinski definition) is 0. The van der Waals surface area contributed by atoms with Gasteiger partial charge in [-0.2, -0.15) is 0 Å². The summed E-state index contributed by atoms with van der Waals surface area (Å²) in [6, 6.07) is 0. The van der Waals surface area contributed by atoms with Crippen molar-refractivity contribution in [3.63, 3.8) is 0 Å². The van der Waals surface area contributed by atoms with Crippen LogP contribution in [0.3, 0.4) is 0 Å². The van der Waals surface area contributed by atoms with Gasteiger partial charge in [0.2, 0.25) is 0 Å². The molecule has 1 spiro atoms. The van der Waals surface area contributed by atoms with E-state index in [0.29, 0.717) is 25.6 Å². The number of esters is 3. The van der Waals surface area contributed by atoms with Crippen molar-refractivity contribution < 1.29 is 33.3 Å². The van der Waals surface area contributed by atoms with Crippen molar-refractivity contribution in [1.82, 2.24) is 0 Å². The number of rotatable bonds is 6. The molecule has 0 amide bonds. The van der Waals surface area contributed by atoms with E-state index >= 15 is 0 Å². The van der Waals surface area contributed by atoms with E-state index in [1.54, 1.807) is 0 Å². The largest absolute Gasteiger partial charge is 0.465 e. The van der Waals surface area contributed by atoms with Crippen molar-refractivity contribution in [2.45, 2.75) is 84.3 Å². The zero-order valence-electron chi connectivity index (χ0n) is 19.2. The molecule has 0 aromatic heterocycles. The highest BCUT2D eigenvalue weighted by molar-refractivity contribution is 5.74. The molecule has 4 fully saturated rings. The number of epoxide rings is 1. The third kappa shape index (κ3) is 3.66. The van der Waals surface area contributed by atoms with Gasteiger partial charge in [0.05, 0.1) is 24.5 Å². The van der Waals surface area contributed by atoms with Crippen molar-refractivity contribution in [3.8, 4) is 0 Å². The predicted octanol–water partition coefficient (Wildman–Crippen LogP) is 3.43. The molecule has 4 rings (SSSR count). The SMILES string of the molecule is CC(=O)OC[C@@]12[C@@H](OC(C)=O)C[C@@H](C)[C@](C)(CCC3CCOC3=O)[C@H]1CCC[C@@]21CO1. The summed E-state index contributed by atoms with van der Waals surface area (Å²) in [6.45, 7) is 8.75. The van der Waals surface area contributed by atoms with Gasteiger partial charge in [0.25, 0.3) is 0 Å². The second kappa shape index (κ2) is 8.05. The smallest absolute Gasteiger partial charge is 0.309 e. The first-order valence-electron chi connectivity index (χ1n) is 11.8. The molecule has 2 saturated carbocycles. The number of fused-ring (bicyclic) bond motifs is 2. The molecule has 0 N–H and O–H groups in total. The molecule has 0 radical (unpaired) electrons. The van der Waals surface area contributed by atoms with E-state index in [1.807, 2.05) is 0 Å². The third-order valence-electron chi connectivity index (χ3n) is 9.00. The maximum Gasteiger partial charge on any atom is 0.309 e. The average Bonchev–Trinajstić information content (AvgIpc) is 3.36. The molecule has 0 aromatic carbocycles. The van der Waals surface area contributed by atoms with Crippen LogP contribution in [0.25, 0.3) is 0 Å². The van der Waals surface area contributed by atoms with E-state index in [1.165, 1.54) is 13.8 Å². The van der Waals surface area contributed by atoms with Gasteiger partial charge < -0.3 is 18.9 Å². The van der Waals surface area contributed by atoms with Gasteiger partial charge in [-0.3, -0.25) is 14.4 Å². The summed E-state index contributed by atoms with van der Waals surface area (Å²) >= 11 is 0. The Hall–Kier alpha value is -1.63. The van der Waals surface area contributed by atoms with Crippen LogP contribution in [0, 0.1) is 28.6 Å². The number of cyclic esters (lactones) is 1. The van der Waals surface area contributed by atoms with E-state index in [0.717, 1.165) is 38.5 Å². The molecule has 0 bridgehead atoms. The molecule has 7 heteroatoms. The topological polar surface area (TPSA) is 91.4 Å². The predicted molar refractivity (Wildman–Crippen MR) is 111 cm³/mol. The normalized spacial score (nSPS) is 43.8. The van der Waals surface area contributed by atoms with Crippen LogP contribution in [-0.4, -0.2) is 49.4 Å². The van der Waals surface area contributed by atoms with Gasteiger partial charge in [-0.1, -0.05) is 20.3 Å². The Morgan fingerprint density at radius 3 is 2.52 bits per heavy atom. The summed E-state index contributed by atoms with van der Waals surface area (Å²) in [5, 5.41) is 0. The van der Waals surface area contributed by atoms with E-state index in [4.69, 9.17) is 18.9 Å². The van der Waals surface area contributed by atoms with Gasteiger partial charge in [0.1, 0.15) is 18.3 Å². The van der Waals surface area contributed by atoms with Crippen LogP contribution in [-0.2, 0) is 33.3 Å². The maximum absolute atomic E-state index is 12.1.